The first kappa shape index (κ1) is 17.1. The number of nitrogens with zero attached hydrogens (tertiary/aromatic N) is 4. The van der Waals surface area contributed by atoms with Crippen LogP contribution in [0.2, 0.25) is 5.02 Å². The molecular weight excluding hydrogens is 377 g/mol. The van der Waals surface area contributed by atoms with Crippen LogP contribution in [-0.4, -0.2) is 34.2 Å². The third-order valence-electron chi connectivity index (χ3n) is 4.37. The van der Waals surface area contributed by atoms with Gasteiger partial charge in [0.05, 0.1) is 33.7 Å². The Balaban J connectivity index is 1.48. The number of benzene rings is 1. The number of anilines is 2. The van der Waals surface area contributed by atoms with E-state index in [-0.39, 0.29) is 16.8 Å². The molecule has 134 valence electrons. The molecule has 1 saturated heterocycles. The summed E-state index contributed by atoms with van der Waals surface area (Å²) in [7, 11) is 0. The Kier molecular flexibility index (Phi) is 4.69. The molecule has 9 heteroatoms. The fourth-order valence-corrected chi connectivity index (χ4v) is 4.34. The number of halogens is 2. The van der Waals surface area contributed by atoms with Gasteiger partial charge in [0.25, 0.3) is 0 Å². The number of nitrogens with one attached hydrogen (secondary N) is 1. The van der Waals surface area contributed by atoms with Gasteiger partial charge in [-0.25, -0.2) is 9.37 Å². The van der Waals surface area contributed by atoms with Crippen LogP contribution in [0, 0.1) is 11.7 Å². The van der Waals surface area contributed by atoms with Gasteiger partial charge in [0, 0.05) is 13.1 Å². The van der Waals surface area contributed by atoms with Gasteiger partial charge in [-0.2, -0.15) is 10.2 Å². The van der Waals surface area contributed by atoms with E-state index in [2.05, 4.69) is 25.4 Å². The van der Waals surface area contributed by atoms with Gasteiger partial charge in [0.1, 0.15) is 11.3 Å². The molecule has 0 bridgehead atoms. The molecule has 1 fully saturated rings. The summed E-state index contributed by atoms with van der Waals surface area (Å²) in [6.45, 7) is 1.49. The van der Waals surface area contributed by atoms with E-state index in [9.17, 15) is 9.18 Å². The van der Waals surface area contributed by atoms with Crippen molar-refractivity contribution in [1.82, 2.24) is 15.2 Å². The van der Waals surface area contributed by atoms with Gasteiger partial charge in [0.2, 0.25) is 5.91 Å². The van der Waals surface area contributed by atoms with Crippen LogP contribution in [0.4, 0.5) is 15.2 Å². The first-order chi connectivity index (χ1) is 12.6. The molecule has 0 aliphatic carbocycles. The van der Waals surface area contributed by atoms with Gasteiger partial charge in [-0.3, -0.25) is 4.79 Å². The van der Waals surface area contributed by atoms with Crippen molar-refractivity contribution in [2.24, 2.45) is 5.92 Å². The topological polar surface area (TPSA) is 71.0 Å². The third-order valence-corrected chi connectivity index (χ3v) is 5.58. The number of fused-ring (bicyclic) bond motifs is 1. The second-order valence-electron chi connectivity index (χ2n) is 6.13. The lowest BCUT2D eigenvalue weighted by Crippen LogP contribution is -2.40. The Bertz CT molecular complexity index is 951. The van der Waals surface area contributed by atoms with Crippen LogP contribution in [-0.2, 0) is 4.79 Å². The van der Waals surface area contributed by atoms with Gasteiger partial charge in [-0.15, -0.1) is 0 Å². The Morgan fingerprint density at radius 1 is 1.38 bits per heavy atom. The Labute approximate surface area is 158 Å². The van der Waals surface area contributed by atoms with Crippen molar-refractivity contribution < 1.29 is 9.18 Å². The number of hydrogen-bond donors (Lipinski definition) is 1. The molecule has 0 spiro atoms. The van der Waals surface area contributed by atoms with Crippen LogP contribution in [0.25, 0.3) is 10.2 Å². The first-order valence-corrected chi connectivity index (χ1v) is 9.38. The first-order valence-electron chi connectivity index (χ1n) is 8.18. The van der Waals surface area contributed by atoms with E-state index in [1.54, 1.807) is 12.4 Å². The quantitative estimate of drug-likeness (QED) is 0.736. The lowest BCUT2D eigenvalue weighted by atomic mass is 9.97. The van der Waals surface area contributed by atoms with E-state index < -0.39 is 5.82 Å². The van der Waals surface area contributed by atoms with Crippen molar-refractivity contribution in [3.63, 3.8) is 0 Å². The van der Waals surface area contributed by atoms with Crippen LogP contribution in [0.1, 0.15) is 12.8 Å². The third kappa shape index (κ3) is 3.47. The molecular formula is C17H15ClFN5OS. The van der Waals surface area contributed by atoms with Gasteiger partial charge in [0.15, 0.2) is 5.13 Å². The summed E-state index contributed by atoms with van der Waals surface area (Å²) in [6.07, 6.45) is 5.06. The highest BCUT2D eigenvalue weighted by Crippen LogP contribution is 2.32. The molecule has 0 saturated carbocycles. The molecule has 1 amide bonds. The highest BCUT2D eigenvalue weighted by Gasteiger charge is 2.27. The molecule has 1 atom stereocenters. The van der Waals surface area contributed by atoms with Crippen molar-refractivity contribution in [2.45, 2.75) is 12.8 Å². The van der Waals surface area contributed by atoms with E-state index in [0.717, 1.165) is 25.1 Å². The lowest BCUT2D eigenvalue weighted by molar-refractivity contribution is -0.120. The zero-order valence-electron chi connectivity index (χ0n) is 13.7. The average Bonchev–Trinajstić information content (AvgIpc) is 3.05. The van der Waals surface area contributed by atoms with Crippen molar-refractivity contribution in [3.05, 3.63) is 41.4 Å². The number of amides is 1. The summed E-state index contributed by atoms with van der Waals surface area (Å²) in [5.41, 5.74) is 1.46. The van der Waals surface area contributed by atoms with Gasteiger partial charge in [-0.05, 0) is 31.0 Å². The average molecular weight is 392 g/mol. The van der Waals surface area contributed by atoms with E-state index >= 15 is 0 Å². The number of carbonyl (C=O) groups is 1. The van der Waals surface area contributed by atoms with Crippen molar-refractivity contribution in [1.29, 1.82) is 0 Å². The highest BCUT2D eigenvalue weighted by atomic mass is 35.5. The summed E-state index contributed by atoms with van der Waals surface area (Å²) in [4.78, 5) is 19.1. The Morgan fingerprint density at radius 2 is 2.27 bits per heavy atom. The maximum absolute atomic E-state index is 13.5. The summed E-state index contributed by atoms with van der Waals surface area (Å²) in [6, 6.07) is 4.47. The molecule has 1 aliphatic heterocycles. The molecule has 4 rings (SSSR count). The second-order valence-corrected chi connectivity index (χ2v) is 7.57. The molecule has 1 aliphatic rings. The van der Waals surface area contributed by atoms with E-state index in [1.165, 1.54) is 23.5 Å². The van der Waals surface area contributed by atoms with Crippen LogP contribution in [0.15, 0.2) is 30.6 Å². The number of rotatable bonds is 3. The smallest absolute Gasteiger partial charge is 0.231 e. The van der Waals surface area contributed by atoms with Gasteiger partial charge < -0.3 is 10.2 Å². The molecule has 0 radical (unpaired) electrons. The summed E-state index contributed by atoms with van der Waals surface area (Å²) in [5, 5.41) is 11.2. The number of aromatic nitrogens is 3. The summed E-state index contributed by atoms with van der Waals surface area (Å²) in [5.74, 6) is -0.665. The van der Waals surface area contributed by atoms with Crippen LogP contribution >= 0.6 is 22.9 Å². The molecule has 6 nitrogen and oxygen atoms in total. The van der Waals surface area contributed by atoms with Crippen molar-refractivity contribution in [2.75, 3.05) is 23.3 Å². The zero-order valence-corrected chi connectivity index (χ0v) is 15.2. The SMILES string of the molecule is O=C(Nc1nc2c(Cl)cc(F)cc2s1)C1CCCN(c2ccnnc2)C1. The molecule has 1 aromatic carbocycles. The van der Waals surface area contributed by atoms with Crippen molar-refractivity contribution in [3.8, 4) is 0 Å². The predicted octanol–water partition coefficient (Wildman–Crippen LogP) is 3.73. The monoisotopic (exact) mass is 391 g/mol. The van der Waals surface area contributed by atoms with Crippen LogP contribution in [0.3, 0.4) is 0 Å². The zero-order chi connectivity index (χ0) is 18.1. The number of hydrogen-bond acceptors (Lipinski definition) is 6. The van der Waals surface area contributed by atoms with Crippen molar-refractivity contribution >= 4 is 49.9 Å². The standard InChI is InChI=1S/C17H15ClFN5OS/c18-13-6-11(19)7-14-15(13)22-17(26-14)23-16(25)10-2-1-5-24(9-10)12-3-4-20-21-8-12/h3-4,6-8,10H,1-2,5,9H2,(H,22,23,25). The second kappa shape index (κ2) is 7.13. The minimum atomic E-state index is -0.419. The summed E-state index contributed by atoms with van der Waals surface area (Å²) >= 11 is 7.24. The molecule has 3 aromatic rings. The maximum atomic E-state index is 13.5. The molecule has 1 unspecified atom stereocenters. The van der Waals surface area contributed by atoms with E-state index in [1.807, 2.05) is 6.07 Å². The number of piperidine rings is 1. The van der Waals surface area contributed by atoms with Crippen LogP contribution < -0.4 is 10.2 Å². The predicted molar refractivity (Wildman–Crippen MR) is 100 cm³/mol. The van der Waals surface area contributed by atoms with Gasteiger partial charge >= 0.3 is 0 Å². The normalized spacial score (nSPS) is 17.5. The highest BCUT2D eigenvalue weighted by molar-refractivity contribution is 7.22. The Morgan fingerprint density at radius 3 is 3.08 bits per heavy atom. The number of carbonyl (C=O) groups excluding carboxylic acids is 1. The largest absolute Gasteiger partial charge is 0.369 e. The minimum Gasteiger partial charge on any atom is -0.369 e. The summed E-state index contributed by atoms with van der Waals surface area (Å²) < 4.78 is 14.1. The minimum absolute atomic E-state index is 0.0904. The molecule has 26 heavy (non-hydrogen) atoms. The Hall–Kier alpha value is -2.32. The van der Waals surface area contributed by atoms with E-state index in [4.69, 9.17) is 11.6 Å². The maximum Gasteiger partial charge on any atom is 0.231 e. The van der Waals surface area contributed by atoms with E-state index in [0.29, 0.717) is 21.9 Å². The van der Waals surface area contributed by atoms with Gasteiger partial charge in [-0.1, -0.05) is 22.9 Å². The fourth-order valence-electron chi connectivity index (χ4n) is 3.11. The number of thiazole rings is 1. The molecule has 1 N–H and O–H groups in total. The fraction of sp³-hybridized carbons (Fsp3) is 0.294. The molecule has 2 aromatic heterocycles. The van der Waals surface area contributed by atoms with Crippen LogP contribution in [0.5, 0.6) is 0 Å². The molecule has 3 heterocycles. The lowest BCUT2D eigenvalue weighted by Gasteiger charge is -2.33.